The number of carbonyl (C=O) groups is 1. The molecule has 1 aromatic heterocycles. The highest BCUT2D eigenvalue weighted by Gasteiger charge is 2.18. The number of alkyl halides is 1. The Morgan fingerprint density at radius 3 is 2.79 bits per heavy atom. The third-order valence-corrected chi connectivity index (χ3v) is 5.51. The molecule has 0 N–H and O–H groups in total. The second-order valence-electron chi connectivity index (χ2n) is 4.95. The van der Waals surface area contributed by atoms with Crippen molar-refractivity contribution < 1.29 is 4.79 Å². The third-order valence-electron chi connectivity index (χ3n) is 2.98. The molecule has 0 amide bonds. The SMILES string of the molecule is CC(C)CC(Br)C(=O)c1ccc2c(ccn2SI)c1. The maximum atomic E-state index is 12.3. The van der Waals surface area contributed by atoms with Crippen molar-refractivity contribution in [2.75, 3.05) is 0 Å². The fraction of sp³-hybridized carbons (Fsp3) is 0.357. The van der Waals surface area contributed by atoms with Gasteiger partial charge in [-0.2, -0.15) is 0 Å². The van der Waals surface area contributed by atoms with Crippen molar-refractivity contribution in [2.24, 2.45) is 5.92 Å². The van der Waals surface area contributed by atoms with Crippen LogP contribution in [-0.4, -0.2) is 14.6 Å². The van der Waals surface area contributed by atoms with Gasteiger partial charge in [0.1, 0.15) is 0 Å². The summed E-state index contributed by atoms with van der Waals surface area (Å²) in [6.07, 6.45) is 2.89. The summed E-state index contributed by atoms with van der Waals surface area (Å²) in [5.74, 6) is 0.680. The summed E-state index contributed by atoms with van der Waals surface area (Å²) in [4.78, 5) is 12.2. The molecule has 0 aliphatic carbocycles. The fourth-order valence-electron chi connectivity index (χ4n) is 2.03. The molecular weight excluding hydrogens is 437 g/mol. The molecule has 102 valence electrons. The Kier molecular flexibility index (Phi) is 5.37. The van der Waals surface area contributed by atoms with E-state index < -0.39 is 0 Å². The normalized spacial score (nSPS) is 13.1. The zero-order valence-corrected chi connectivity index (χ0v) is 15.3. The first kappa shape index (κ1) is 15.4. The standard InChI is InChI=1S/C14H15BrINOS/c1-9(2)7-12(15)14(18)11-3-4-13-10(8-11)5-6-17(13)19-16/h3-6,8-9,12H,7H2,1-2H3. The summed E-state index contributed by atoms with van der Waals surface area (Å²) in [6.45, 7) is 4.25. The second kappa shape index (κ2) is 6.63. The number of Topliss-reactive ketones (excluding diaryl/α,β-unsaturated/α-hetero) is 1. The fourth-order valence-corrected chi connectivity index (χ4v) is 4.42. The van der Waals surface area contributed by atoms with E-state index >= 15 is 0 Å². The van der Waals surface area contributed by atoms with Gasteiger partial charge in [0.15, 0.2) is 5.78 Å². The average Bonchev–Trinajstić information content (AvgIpc) is 2.78. The molecule has 0 spiro atoms. The van der Waals surface area contributed by atoms with Crippen LogP contribution in [-0.2, 0) is 0 Å². The van der Waals surface area contributed by atoms with Crippen LogP contribution in [0.5, 0.6) is 0 Å². The van der Waals surface area contributed by atoms with Gasteiger partial charge in [0.25, 0.3) is 0 Å². The van der Waals surface area contributed by atoms with E-state index in [1.54, 1.807) is 9.12 Å². The van der Waals surface area contributed by atoms with Gasteiger partial charge < -0.3 is 0 Å². The van der Waals surface area contributed by atoms with Crippen LogP contribution in [0.2, 0.25) is 0 Å². The zero-order chi connectivity index (χ0) is 14.0. The van der Waals surface area contributed by atoms with Crippen LogP contribution in [0.25, 0.3) is 10.9 Å². The monoisotopic (exact) mass is 451 g/mol. The summed E-state index contributed by atoms with van der Waals surface area (Å²) in [6, 6.07) is 7.96. The van der Waals surface area contributed by atoms with Gasteiger partial charge in [-0.25, -0.2) is 0 Å². The highest BCUT2D eigenvalue weighted by Crippen LogP contribution is 2.27. The molecule has 1 heterocycles. The molecule has 0 aliphatic rings. The molecule has 1 atom stereocenters. The Balaban J connectivity index is 2.28. The van der Waals surface area contributed by atoms with Gasteiger partial charge in [-0.1, -0.05) is 29.8 Å². The summed E-state index contributed by atoms with van der Waals surface area (Å²) >= 11 is 5.75. The number of ketones is 1. The van der Waals surface area contributed by atoms with Crippen molar-refractivity contribution in [3.63, 3.8) is 0 Å². The van der Waals surface area contributed by atoms with Crippen LogP contribution in [0.3, 0.4) is 0 Å². The highest BCUT2D eigenvalue weighted by atomic mass is 127. The topological polar surface area (TPSA) is 22.0 Å². The zero-order valence-electron chi connectivity index (χ0n) is 10.8. The maximum Gasteiger partial charge on any atom is 0.176 e. The molecule has 0 saturated heterocycles. The van der Waals surface area contributed by atoms with Gasteiger partial charge in [0.05, 0.1) is 10.3 Å². The number of halogens is 2. The first-order valence-corrected chi connectivity index (χ1v) is 10.3. The van der Waals surface area contributed by atoms with E-state index in [1.807, 2.05) is 30.5 Å². The van der Waals surface area contributed by atoms with Gasteiger partial charge in [-0.3, -0.25) is 8.77 Å². The third kappa shape index (κ3) is 3.55. The van der Waals surface area contributed by atoms with E-state index in [4.69, 9.17) is 0 Å². The predicted molar refractivity (Wildman–Crippen MR) is 95.4 cm³/mol. The Morgan fingerprint density at radius 2 is 2.16 bits per heavy atom. The lowest BCUT2D eigenvalue weighted by molar-refractivity contribution is 0.0985. The van der Waals surface area contributed by atoms with Gasteiger partial charge in [-0.15, -0.1) is 0 Å². The number of hydrogen-bond donors (Lipinski definition) is 0. The second-order valence-corrected chi connectivity index (χ2v) is 7.76. The van der Waals surface area contributed by atoms with Gasteiger partial charge in [0, 0.05) is 47.5 Å². The number of rotatable bonds is 5. The summed E-state index contributed by atoms with van der Waals surface area (Å²) in [5, 5.41) is 1.11. The summed E-state index contributed by atoms with van der Waals surface area (Å²) in [5.41, 5.74) is 1.93. The van der Waals surface area contributed by atoms with E-state index in [-0.39, 0.29) is 10.6 Å². The van der Waals surface area contributed by atoms with E-state index in [0.717, 1.165) is 22.9 Å². The van der Waals surface area contributed by atoms with Crippen molar-refractivity contribution >= 4 is 62.9 Å². The first-order chi connectivity index (χ1) is 9.02. The first-order valence-electron chi connectivity index (χ1n) is 6.11. The van der Waals surface area contributed by atoms with Crippen molar-refractivity contribution in [1.82, 2.24) is 3.97 Å². The largest absolute Gasteiger partial charge is 0.293 e. The lowest BCUT2D eigenvalue weighted by Gasteiger charge is -2.11. The van der Waals surface area contributed by atoms with Crippen LogP contribution in [0, 0.1) is 5.92 Å². The average molecular weight is 452 g/mol. The van der Waals surface area contributed by atoms with Crippen molar-refractivity contribution in [3.05, 3.63) is 36.0 Å². The van der Waals surface area contributed by atoms with Crippen molar-refractivity contribution in [2.45, 2.75) is 25.1 Å². The molecule has 2 nitrogen and oxygen atoms in total. The van der Waals surface area contributed by atoms with Gasteiger partial charge in [0.2, 0.25) is 0 Å². The molecule has 5 heteroatoms. The molecule has 0 radical (unpaired) electrons. The van der Waals surface area contributed by atoms with Gasteiger partial charge in [-0.05, 0) is 36.6 Å². The number of fused-ring (bicyclic) bond motifs is 1. The Labute approximate surface area is 138 Å². The van der Waals surface area contributed by atoms with E-state index in [0.29, 0.717) is 5.92 Å². The quantitative estimate of drug-likeness (QED) is 0.341. The highest BCUT2D eigenvalue weighted by molar-refractivity contribution is 14.2. The molecule has 2 rings (SSSR count). The molecule has 0 saturated carbocycles. The molecule has 1 unspecified atom stereocenters. The molecule has 2 aromatic rings. The molecular formula is C14H15BrINOS. The summed E-state index contributed by atoms with van der Waals surface area (Å²) < 4.78 is 2.09. The number of carbonyl (C=O) groups excluding carboxylic acids is 1. The number of benzene rings is 1. The summed E-state index contributed by atoms with van der Waals surface area (Å²) in [7, 11) is 1.63. The minimum absolute atomic E-state index is 0.0917. The minimum Gasteiger partial charge on any atom is -0.293 e. The van der Waals surface area contributed by atoms with Crippen LogP contribution >= 0.6 is 46.3 Å². The van der Waals surface area contributed by atoms with Gasteiger partial charge >= 0.3 is 0 Å². The van der Waals surface area contributed by atoms with Crippen molar-refractivity contribution in [3.8, 4) is 0 Å². The Bertz CT molecular complexity index is 596. The lowest BCUT2D eigenvalue weighted by Crippen LogP contribution is -2.16. The van der Waals surface area contributed by atoms with Crippen LogP contribution in [0.15, 0.2) is 30.5 Å². The predicted octanol–water partition coefficient (Wildman–Crippen LogP) is 5.48. The minimum atomic E-state index is -0.0917. The number of nitrogens with zero attached hydrogens (tertiary/aromatic N) is 1. The van der Waals surface area contributed by atoms with E-state index in [1.165, 1.54) is 0 Å². The Hall–Kier alpha value is -0.0100. The molecule has 19 heavy (non-hydrogen) atoms. The number of aromatic nitrogens is 1. The van der Waals surface area contributed by atoms with E-state index in [2.05, 4.69) is 55.0 Å². The maximum absolute atomic E-state index is 12.3. The van der Waals surface area contributed by atoms with E-state index in [9.17, 15) is 4.79 Å². The Morgan fingerprint density at radius 1 is 1.42 bits per heavy atom. The lowest BCUT2D eigenvalue weighted by atomic mass is 10.0. The molecule has 0 fully saturated rings. The molecule has 0 bridgehead atoms. The van der Waals surface area contributed by atoms with Crippen LogP contribution < -0.4 is 0 Å². The molecule has 0 aliphatic heterocycles. The number of hydrogen-bond acceptors (Lipinski definition) is 2. The van der Waals surface area contributed by atoms with Crippen LogP contribution in [0.1, 0.15) is 30.6 Å². The van der Waals surface area contributed by atoms with Crippen LogP contribution in [0.4, 0.5) is 0 Å². The molecule has 1 aromatic carbocycles. The van der Waals surface area contributed by atoms with Crippen molar-refractivity contribution in [1.29, 1.82) is 0 Å². The smallest absolute Gasteiger partial charge is 0.176 e.